The van der Waals surface area contributed by atoms with Crippen LogP contribution < -0.4 is 0 Å². The molecule has 1 aliphatic rings. The SMILES string of the molecule is CCOC(=O)C1(CC)CCC(OSC(C)(C)C)CC1. The van der Waals surface area contributed by atoms with E-state index < -0.39 is 0 Å². The Bertz CT molecular complexity index is 288. The molecule has 0 unspecified atom stereocenters. The van der Waals surface area contributed by atoms with Crippen molar-refractivity contribution in [2.75, 3.05) is 6.61 Å². The molecule has 0 bridgehead atoms. The molecular formula is C15H28O3S. The van der Waals surface area contributed by atoms with E-state index in [-0.39, 0.29) is 22.2 Å². The molecular weight excluding hydrogens is 260 g/mol. The lowest BCUT2D eigenvalue weighted by molar-refractivity contribution is -0.158. The molecule has 0 saturated heterocycles. The first-order valence-corrected chi connectivity index (χ1v) is 8.09. The first kappa shape index (κ1) is 16.8. The Balaban J connectivity index is 2.48. The van der Waals surface area contributed by atoms with Gasteiger partial charge < -0.3 is 8.92 Å². The number of hydrogen-bond acceptors (Lipinski definition) is 4. The van der Waals surface area contributed by atoms with Crippen molar-refractivity contribution in [2.24, 2.45) is 5.41 Å². The highest BCUT2D eigenvalue weighted by molar-refractivity contribution is 7.96. The number of rotatable bonds is 5. The minimum Gasteiger partial charge on any atom is -0.466 e. The van der Waals surface area contributed by atoms with Gasteiger partial charge in [0.25, 0.3) is 0 Å². The van der Waals surface area contributed by atoms with Gasteiger partial charge in [-0.25, -0.2) is 0 Å². The maximum Gasteiger partial charge on any atom is 0.312 e. The predicted octanol–water partition coefficient (Wildman–Crippen LogP) is 4.35. The third-order valence-corrected chi connectivity index (χ3v) is 4.58. The number of hydrogen-bond donors (Lipinski definition) is 0. The van der Waals surface area contributed by atoms with Crippen LogP contribution in [0.3, 0.4) is 0 Å². The van der Waals surface area contributed by atoms with Crippen LogP contribution in [-0.2, 0) is 13.7 Å². The van der Waals surface area contributed by atoms with Gasteiger partial charge in [-0.2, -0.15) is 0 Å². The van der Waals surface area contributed by atoms with Crippen LogP contribution in [-0.4, -0.2) is 23.4 Å². The van der Waals surface area contributed by atoms with E-state index in [1.165, 1.54) is 0 Å². The van der Waals surface area contributed by atoms with Crippen LogP contribution in [0, 0.1) is 5.41 Å². The second-order valence-electron chi connectivity index (χ2n) is 6.35. The van der Waals surface area contributed by atoms with Crippen LogP contribution >= 0.6 is 12.0 Å². The zero-order valence-electron chi connectivity index (χ0n) is 13.0. The van der Waals surface area contributed by atoms with E-state index in [9.17, 15) is 4.79 Å². The van der Waals surface area contributed by atoms with Crippen LogP contribution in [0.4, 0.5) is 0 Å². The Morgan fingerprint density at radius 3 is 2.26 bits per heavy atom. The van der Waals surface area contributed by atoms with E-state index in [1.807, 2.05) is 6.92 Å². The second kappa shape index (κ2) is 6.98. The zero-order valence-corrected chi connectivity index (χ0v) is 13.8. The molecule has 0 spiro atoms. The molecule has 0 aromatic carbocycles. The summed E-state index contributed by atoms with van der Waals surface area (Å²) >= 11 is 1.55. The summed E-state index contributed by atoms with van der Waals surface area (Å²) < 4.78 is 11.3. The maximum atomic E-state index is 12.1. The summed E-state index contributed by atoms with van der Waals surface area (Å²) in [5.74, 6) is -0.0144. The van der Waals surface area contributed by atoms with E-state index in [0.717, 1.165) is 32.1 Å². The predicted molar refractivity (Wildman–Crippen MR) is 80.0 cm³/mol. The molecule has 1 fully saturated rings. The fourth-order valence-corrected chi connectivity index (χ4v) is 3.06. The lowest BCUT2D eigenvalue weighted by atomic mass is 9.71. The lowest BCUT2D eigenvalue weighted by Crippen LogP contribution is -2.38. The Morgan fingerprint density at radius 2 is 1.84 bits per heavy atom. The van der Waals surface area contributed by atoms with Crippen LogP contribution in [0.5, 0.6) is 0 Å². The average molecular weight is 288 g/mol. The van der Waals surface area contributed by atoms with Crippen molar-refractivity contribution in [1.29, 1.82) is 0 Å². The molecule has 1 aliphatic carbocycles. The van der Waals surface area contributed by atoms with Gasteiger partial charge in [0, 0.05) is 4.75 Å². The van der Waals surface area contributed by atoms with E-state index in [4.69, 9.17) is 8.92 Å². The molecule has 3 nitrogen and oxygen atoms in total. The molecule has 4 heteroatoms. The van der Waals surface area contributed by atoms with Gasteiger partial charge in [-0.15, -0.1) is 0 Å². The third kappa shape index (κ3) is 4.99. The van der Waals surface area contributed by atoms with Crippen molar-refractivity contribution in [3.63, 3.8) is 0 Å². The molecule has 0 aromatic heterocycles. The maximum absolute atomic E-state index is 12.1. The smallest absolute Gasteiger partial charge is 0.312 e. The summed E-state index contributed by atoms with van der Waals surface area (Å²) in [6, 6.07) is 0. The molecule has 0 radical (unpaired) electrons. The Hall–Kier alpha value is -0.220. The molecule has 19 heavy (non-hydrogen) atoms. The van der Waals surface area contributed by atoms with E-state index in [1.54, 1.807) is 12.0 Å². The summed E-state index contributed by atoms with van der Waals surface area (Å²) in [6.45, 7) is 10.9. The van der Waals surface area contributed by atoms with Gasteiger partial charge in [-0.1, -0.05) is 6.92 Å². The largest absolute Gasteiger partial charge is 0.466 e. The highest BCUT2D eigenvalue weighted by atomic mass is 32.2. The van der Waals surface area contributed by atoms with Crippen LogP contribution in [0.2, 0.25) is 0 Å². The topological polar surface area (TPSA) is 35.5 Å². The van der Waals surface area contributed by atoms with Gasteiger partial charge in [0.15, 0.2) is 0 Å². The number of esters is 1. The second-order valence-corrected chi connectivity index (χ2v) is 7.93. The Morgan fingerprint density at radius 1 is 1.26 bits per heavy atom. The van der Waals surface area contributed by atoms with Crippen molar-refractivity contribution >= 4 is 18.0 Å². The van der Waals surface area contributed by atoms with Crippen molar-refractivity contribution in [1.82, 2.24) is 0 Å². The molecule has 0 atom stereocenters. The van der Waals surface area contributed by atoms with Gasteiger partial charge in [0.05, 0.1) is 18.1 Å². The molecule has 0 amide bonds. The number of ether oxygens (including phenoxy) is 1. The minimum atomic E-state index is -0.262. The van der Waals surface area contributed by atoms with Gasteiger partial charge in [-0.05, 0) is 71.8 Å². The molecule has 0 aromatic rings. The summed E-state index contributed by atoms with van der Waals surface area (Å²) in [7, 11) is 0. The standard InChI is InChI=1S/C15H28O3S/c1-6-15(13(16)17-7-2)10-8-12(9-11-15)18-19-14(3,4)5/h12H,6-11H2,1-5H3. The number of carbonyl (C=O) groups excluding carboxylic acids is 1. The fourth-order valence-electron chi connectivity index (χ4n) is 2.44. The van der Waals surface area contributed by atoms with Crippen LogP contribution in [0.15, 0.2) is 0 Å². The quantitative estimate of drug-likeness (QED) is 0.556. The summed E-state index contributed by atoms with van der Waals surface area (Å²) in [5, 5.41) is 0. The van der Waals surface area contributed by atoms with Crippen molar-refractivity contribution in [3.05, 3.63) is 0 Å². The monoisotopic (exact) mass is 288 g/mol. The Labute approximate surface area is 122 Å². The molecule has 0 N–H and O–H groups in total. The highest BCUT2D eigenvalue weighted by Crippen LogP contribution is 2.42. The van der Waals surface area contributed by atoms with Gasteiger partial charge in [0.1, 0.15) is 0 Å². The van der Waals surface area contributed by atoms with E-state index in [2.05, 4.69) is 27.7 Å². The minimum absolute atomic E-state index is 0.0144. The molecule has 1 saturated carbocycles. The summed E-state index contributed by atoms with van der Waals surface area (Å²) in [5.41, 5.74) is -0.262. The third-order valence-electron chi connectivity index (χ3n) is 3.71. The molecule has 1 rings (SSSR count). The van der Waals surface area contributed by atoms with Gasteiger partial charge in [-0.3, -0.25) is 4.79 Å². The van der Waals surface area contributed by atoms with Gasteiger partial charge in [0.2, 0.25) is 0 Å². The van der Waals surface area contributed by atoms with E-state index >= 15 is 0 Å². The molecule has 112 valence electrons. The number of carbonyl (C=O) groups is 1. The highest BCUT2D eigenvalue weighted by Gasteiger charge is 2.42. The summed E-state index contributed by atoms with van der Waals surface area (Å²) in [4.78, 5) is 12.1. The summed E-state index contributed by atoms with van der Waals surface area (Å²) in [6.07, 6.45) is 4.82. The van der Waals surface area contributed by atoms with Crippen molar-refractivity contribution < 1.29 is 13.7 Å². The normalized spacial score (nSPS) is 28.2. The fraction of sp³-hybridized carbons (Fsp3) is 0.933. The van der Waals surface area contributed by atoms with E-state index in [0.29, 0.717) is 6.61 Å². The Kier molecular flexibility index (Phi) is 6.18. The lowest BCUT2D eigenvalue weighted by Gasteiger charge is -2.37. The van der Waals surface area contributed by atoms with Crippen LogP contribution in [0.25, 0.3) is 0 Å². The van der Waals surface area contributed by atoms with Gasteiger partial charge >= 0.3 is 5.97 Å². The van der Waals surface area contributed by atoms with Crippen molar-refractivity contribution in [2.45, 2.75) is 77.6 Å². The zero-order chi connectivity index (χ0) is 14.5. The molecule has 0 aliphatic heterocycles. The first-order valence-electron chi connectivity index (χ1n) is 7.34. The average Bonchev–Trinajstić information content (AvgIpc) is 2.36. The molecule has 0 heterocycles. The van der Waals surface area contributed by atoms with Crippen molar-refractivity contribution in [3.8, 4) is 0 Å². The van der Waals surface area contributed by atoms with Crippen LogP contribution in [0.1, 0.15) is 66.7 Å². The first-order chi connectivity index (χ1) is 8.83.